The van der Waals surface area contributed by atoms with Crippen molar-refractivity contribution in [3.05, 3.63) is 52.9 Å². The first-order chi connectivity index (χ1) is 24.8. The molecular formula is C33H36F3N5O9S3. The number of benzene rings is 2. The number of nitrogen functional groups attached to an aromatic ring is 1. The van der Waals surface area contributed by atoms with Crippen LogP contribution in [0.2, 0.25) is 0 Å². The molecule has 0 radical (unpaired) electrons. The number of carboxylic acid groups (broad SMARTS) is 1. The molecule has 0 atom stereocenters. The lowest BCUT2D eigenvalue weighted by atomic mass is 9.97. The molecule has 0 unspecified atom stereocenters. The van der Waals surface area contributed by atoms with Crippen molar-refractivity contribution in [3.8, 4) is 11.1 Å². The van der Waals surface area contributed by atoms with Gasteiger partial charge in [-0.1, -0.05) is 18.6 Å². The third-order valence-corrected chi connectivity index (χ3v) is 11.6. The summed E-state index contributed by atoms with van der Waals surface area (Å²) in [6.45, 7) is 1.79. The Hall–Kier alpha value is -4.95. The average Bonchev–Trinajstić information content (AvgIpc) is 3.52. The van der Waals surface area contributed by atoms with Crippen molar-refractivity contribution in [2.24, 2.45) is 5.73 Å². The van der Waals surface area contributed by atoms with Crippen molar-refractivity contribution in [2.75, 3.05) is 23.4 Å². The number of halogens is 3. The second-order valence-corrected chi connectivity index (χ2v) is 15.4. The number of hydrogen-bond acceptors (Lipinski definition) is 11. The van der Waals surface area contributed by atoms with Gasteiger partial charge in [0.1, 0.15) is 5.84 Å². The molecule has 2 aromatic carbocycles. The van der Waals surface area contributed by atoms with Gasteiger partial charge in [0.2, 0.25) is 15.7 Å². The SMILES string of the molecule is CSc1sc(C(=N)N)cc1S(=O)(=O)c1cccc(-c2c(C)cc(NC(=O)NCCCCCC(=O)OC(=O)C(F)(F)F)cc2NC(=O)CCCC(=O)O)c1. The van der Waals surface area contributed by atoms with Crippen LogP contribution in [0, 0.1) is 12.3 Å². The van der Waals surface area contributed by atoms with E-state index < -0.39 is 52.3 Å². The van der Waals surface area contributed by atoms with E-state index in [0.717, 1.165) is 11.3 Å². The summed E-state index contributed by atoms with van der Waals surface area (Å²) < 4.78 is 68.4. The van der Waals surface area contributed by atoms with Gasteiger partial charge >= 0.3 is 30.1 Å². The van der Waals surface area contributed by atoms with Crippen LogP contribution in [-0.4, -0.2) is 68.2 Å². The standard InChI is InChI=1S/C33H36F3N5O9S3/c1-18-14-20(40-32(47)39-13-5-3-4-12-27(45)50-31(46)33(34,35)36)16-22(41-25(42)10-7-11-26(43)44)28(18)19-8-6-9-21(15-19)53(48,49)24-17-23(29(37)38)52-30(24)51-2/h6,8-9,14-17H,3-5,7,10-13H2,1-2H3,(H3,37,38)(H,41,42)(H,43,44)(H2,39,40,47). The van der Waals surface area contributed by atoms with Crippen molar-refractivity contribution in [1.29, 1.82) is 5.41 Å². The smallest absolute Gasteiger partial charge is 0.481 e. The lowest BCUT2D eigenvalue weighted by molar-refractivity contribution is -0.201. The molecule has 3 aromatic rings. The zero-order valence-electron chi connectivity index (χ0n) is 28.3. The lowest BCUT2D eigenvalue weighted by Gasteiger charge is -2.18. The number of ether oxygens (including phenoxy) is 1. The molecule has 0 aliphatic carbocycles. The first-order valence-electron chi connectivity index (χ1n) is 15.7. The molecule has 0 bridgehead atoms. The zero-order valence-corrected chi connectivity index (χ0v) is 30.8. The highest BCUT2D eigenvalue weighted by Gasteiger charge is 2.42. The number of rotatable bonds is 17. The van der Waals surface area contributed by atoms with E-state index in [4.69, 9.17) is 16.2 Å². The molecule has 0 fully saturated rings. The first kappa shape index (κ1) is 42.5. The predicted molar refractivity (Wildman–Crippen MR) is 192 cm³/mol. The van der Waals surface area contributed by atoms with E-state index >= 15 is 0 Å². The number of anilines is 2. The maximum Gasteiger partial charge on any atom is 0.491 e. The van der Waals surface area contributed by atoms with Gasteiger partial charge in [0, 0.05) is 37.1 Å². The number of aliphatic carboxylic acids is 1. The van der Waals surface area contributed by atoms with Crippen LogP contribution in [0.5, 0.6) is 0 Å². The van der Waals surface area contributed by atoms with Gasteiger partial charge < -0.3 is 31.5 Å². The number of unbranched alkanes of at least 4 members (excludes halogenated alkanes) is 2. The first-order valence-corrected chi connectivity index (χ1v) is 19.3. The Morgan fingerprint density at radius 1 is 0.981 bits per heavy atom. The van der Waals surface area contributed by atoms with Crippen LogP contribution in [0.15, 0.2) is 56.5 Å². The van der Waals surface area contributed by atoms with Crippen molar-refractivity contribution >= 4 is 80.0 Å². The monoisotopic (exact) mass is 799 g/mol. The summed E-state index contributed by atoms with van der Waals surface area (Å²) in [6, 6.07) is 9.76. The highest BCUT2D eigenvalue weighted by Crippen LogP contribution is 2.40. The summed E-state index contributed by atoms with van der Waals surface area (Å²) >= 11 is 2.28. The Morgan fingerprint density at radius 3 is 2.34 bits per heavy atom. The zero-order chi connectivity index (χ0) is 39.5. The minimum Gasteiger partial charge on any atom is -0.481 e. The molecule has 20 heteroatoms. The van der Waals surface area contributed by atoms with E-state index in [0.29, 0.717) is 38.6 Å². The molecule has 14 nitrogen and oxygen atoms in total. The van der Waals surface area contributed by atoms with E-state index in [9.17, 15) is 45.6 Å². The van der Waals surface area contributed by atoms with Crippen molar-refractivity contribution in [3.63, 3.8) is 0 Å². The molecule has 3 rings (SSSR count). The number of hydrogen-bond donors (Lipinski definition) is 6. The molecule has 3 amide bonds. The second kappa shape index (κ2) is 18.7. The number of amidine groups is 1. The molecule has 0 saturated heterocycles. The highest BCUT2D eigenvalue weighted by molar-refractivity contribution is 8.01. The summed E-state index contributed by atoms with van der Waals surface area (Å²) in [4.78, 5) is 58.9. The number of carbonyl (C=O) groups is 5. The number of nitrogens with two attached hydrogens (primary N) is 1. The molecule has 1 aromatic heterocycles. The molecule has 1 heterocycles. The Balaban J connectivity index is 1.80. The van der Waals surface area contributed by atoms with Crippen LogP contribution in [0.4, 0.5) is 29.3 Å². The topological polar surface area (TPSA) is 235 Å². The van der Waals surface area contributed by atoms with Gasteiger partial charge in [-0.3, -0.25) is 19.8 Å². The van der Waals surface area contributed by atoms with Crippen LogP contribution in [0.25, 0.3) is 11.1 Å². The summed E-state index contributed by atoms with van der Waals surface area (Å²) in [7, 11) is -4.10. The average molecular weight is 800 g/mol. The Bertz CT molecular complexity index is 2000. The van der Waals surface area contributed by atoms with E-state index in [1.165, 1.54) is 42.1 Å². The van der Waals surface area contributed by atoms with Gasteiger partial charge in [-0.2, -0.15) is 13.2 Å². The molecule has 0 spiro atoms. The fraction of sp³-hybridized carbons (Fsp3) is 0.333. The summed E-state index contributed by atoms with van der Waals surface area (Å²) in [6.07, 6.45) is -3.56. The number of esters is 2. The predicted octanol–water partition coefficient (Wildman–Crippen LogP) is 6.07. The summed E-state index contributed by atoms with van der Waals surface area (Å²) in [5.41, 5.74) is 7.40. The Labute approximate surface area is 310 Å². The number of alkyl halides is 3. The van der Waals surface area contributed by atoms with E-state index in [-0.39, 0.29) is 59.2 Å². The van der Waals surface area contributed by atoms with Crippen LogP contribution >= 0.6 is 23.1 Å². The molecular weight excluding hydrogens is 764 g/mol. The number of thiophene rings is 1. The van der Waals surface area contributed by atoms with Crippen LogP contribution in [-0.2, 0) is 33.8 Å². The van der Waals surface area contributed by atoms with Crippen LogP contribution < -0.4 is 21.7 Å². The third-order valence-electron chi connectivity index (χ3n) is 7.28. The van der Waals surface area contributed by atoms with E-state index in [1.54, 1.807) is 25.3 Å². The maximum atomic E-state index is 13.8. The van der Waals surface area contributed by atoms with Gasteiger partial charge in [-0.25, -0.2) is 18.0 Å². The minimum absolute atomic E-state index is 0.00786. The Kier molecular flexibility index (Phi) is 15.0. The maximum absolute atomic E-state index is 13.8. The van der Waals surface area contributed by atoms with Gasteiger partial charge in [0.05, 0.1) is 24.6 Å². The van der Waals surface area contributed by atoms with Gasteiger partial charge in [0.15, 0.2) is 0 Å². The molecule has 0 aliphatic rings. The minimum atomic E-state index is -5.28. The number of carbonyl (C=O) groups excluding carboxylic acids is 4. The Morgan fingerprint density at radius 2 is 1.70 bits per heavy atom. The number of nitrogens with one attached hydrogen (secondary N) is 4. The number of urea groups is 1. The number of sulfone groups is 1. The number of thioether (sulfide) groups is 1. The van der Waals surface area contributed by atoms with Crippen LogP contribution in [0.3, 0.4) is 0 Å². The third kappa shape index (κ3) is 12.3. The van der Waals surface area contributed by atoms with Gasteiger partial charge in [-0.15, -0.1) is 23.1 Å². The fourth-order valence-corrected chi connectivity index (χ4v) is 8.78. The van der Waals surface area contributed by atoms with Gasteiger partial charge in [0.25, 0.3) is 0 Å². The van der Waals surface area contributed by atoms with Crippen molar-refractivity contribution < 1.29 is 55.4 Å². The van der Waals surface area contributed by atoms with E-state index in [2.05, 4.69) is 20.7 Å². The number of amides is 3. The molecule has 286 valence electrons. The highest BCUT2D eigenvalue weighted by atomic mass is 32.2. The second-order valence-electron chi connectivity index (χ2n) is 11.4. The van der Waals surface area contributed by atoms with Crippen LogP contribution in [0.1, 0.15) is 55.4 Å². The molecule has 0 aliphatic heterocycles. The molecule has 0 saturated carbocycles. The normalized spacial score (nSPS) is 11.4. The van der Waals surface area contributed by atoms with Gasteiger partial charge in [-0.05, 0) is 73.9 Å². The molecule has 7 N–H and O–H groups in total. The molecule has 53 heavy (non-hydrogen) atoms. The number of aryl methyl sites for hydroxylation is 1. The summed E-state index contributed by atoms with van der Waals surface area (Å²) in [5.74, 6) is -5.77. The summed E-state index contributed by atoms with van der Waals surface area (Å²) in [5, 5.41) is 24.7. The van der Waals surface area contributed by atoms with Crippen molar-refractivity contribution in [2.45, 2.75) is 72.0 Å². The quantitative estimate of drug-likeness (QED) is 0.0229. The largest absolute Gasteiger partial charge is 0.491 e. The lowest BCUT2D eigenvalue weighted by Crippen LogP contribution is -2.29. The van der Waals surface area contributed by atoms with E-state index in [1.807, 2.05) is 0 Å². The fourth-order valence-electron chi connectivity index (χ4n) is 4.88. The number of carboxylic acids is 1. The van der Waals surface area contributed by atoms with Crippen molar-refractivity contribution in [1.82, 2.24) is 5.32 Å².